The lowest BCUT2D eigenvalue weighted by molar-refractivity contribution is -0.118. The van der Waals surface area contributed by atoms with Gasteiger partial charge in [-0.2, -0.15) is 0 Å². The second kappa shape index (κ2) is 10.7. The van der Waals surface area contributed by atoms with Crippen molar-refractivity contribution in [3.05, 3.63) is 24.3 Å². The molecule has 1 aromatic heterocycles. The van der Waals surface area contributed by atoms with Crippen molar-refractivity contribution in [1.29, 1.82) is 0 Å². The molecule has 2 aromatic rings. The maximum atomic E-state index is 12.2. The molecule has 0 saturated heterocycles. The minimum absolute atomic E-state index is 0.0562. The Kier molecular flexibility index (Phi) is 7.98. The lowest BCUT2D eigenvalue weighted by Gasteiger charge is -2.31. The van der Waals surface area contributed by atoms with Gasteiger partial charge in [0.25, 0.3) is 0 Å². The molecule has 1 N–H and O–H groups in total. The number of amides is 1. The van der Waals surface area contributed by atoms with Crippen LogP contribution in [0.2, 0.25) is 0 Å². The standard InChI is InChI=1S/C22H32N4O2S/c1-4-5-14-23-20(27)15-29-22-25-24-21(17-10-12-18(28-3)13-11-17)26(22)19-9-7-6-8-16(19)2/h10-13,16,19H,4-9,14-15H2,1-3H3,(H,23,27)/t16-,19+/m0/s1. The van der Waals surface area contributed by atoms with E-state index in [1.165, 1.54) is 31.0 Å². The van der Waals surface area contributed by atoms with Gasteiger partial charge >= 0.3 is 0 Å². The van der Waals surface area contributed by atoms with Gasteiger partial charge in [-0.3, -0.25) is 9.36 Å². The van der Waals surface area contributed by atoms with Crippen LogP contribution in [0.4, 0.5) is 0 Å². The molecular formula is C22H32N4O2S. The number of aromatic nitrogens is 3. The van der Waals surface area contributed by atoms with E-state index in [9.17, 15) is 4.79 Å². The number of carbonyl (C=O) groups is 1. The number of hydrogen-bond acceptors (Lipinski definition) is 5. The van der Waals surface area contributed by atoms with Gasteiger partial charge in [0.15, 0.2) is 11.0 Å². The zero-order valence-electron chi connectivity index (χ0n) is 17.7. The van der Waals surface area contributed by atoms with Crippen LogP contribution in [0, 0.1) is 5.92 Å². The number of thioether (sulfide) groups is 1. The van der Waals surface area contributed by atoms with Crippen LogP contribution in [0.15, 0.2) is 29.4 Å². The number of nitrogens with one attached hydrogen (secondary N) is 1. The van der Waals surface area contributed by atoms with Crippen LogP contribution in [0.1, 0.15) is 58.4 Å². The molecule has 0 radical (unpaired) electrons. The van der Waals surface area contributed by atoms with Gasteiger partial charge in [0.1, 0.15) is 5.75 Å². The molecule has 0 aliphatic heterocycles. The molecule has 7 heteroatoms. The van der Waals surface area contributed by atoms with Crippen LogP contribution in [0.3, 0.4) is 0 Å². The lowest BCUT2D eigenvalue weighted by atomic mass is 9.85. The Morgan fingerprint density at radius 3 is 2.69 bits per heavy atom. The average Bonchev–Trinajstić information content (AvgIpc) is 3.16. The van der Waals surface area contributed by atoms with Crippen molar-refractivity contribution >= 4 is 17.7 Å². The third kappa shape index (κ3) is 5.53. The minimum Gasteiger partial charge on any atom is -0.497 e. The summed E-state index contributed by atoms with van der Waals surface area (Å²) in [5.41, 5.74) is 1.02. The van der Waals surface area contributed by atoms with Crippen molar-refractivity contribution in [2.24, 2.45) is 5.92 Å². The molecule has 1 saturated carbocycles. The maximum absolute atomic E-state index is 12.2. The second-order valence-corrected chi connectivity index (χ2v) is 8.67. The first-order chi connectivity index (χ1) is 14.1. The third-order valence-corrected chi connectivity index (χ3v) is 6.54. The highest BCUT2D eigenvalue weighted by Crippen LogP contribution is 2.39. The highest BCUT2D eigenvalue weighted by molar-refractivity contribution is 7.99. The zero-order valence-corrected chi connectivity index (χ0v) is 18.5. The molecular weight excluding hydrogens is 384 g/mol. The molecule has 1 aliphatic carbocycles. The maximum Gasteiger partial charge on any atom is 0.230 e. The highest BCUT2D eigenvalue weighted by Gasteiger charge is 2.28. The molecule has 3 rings (SSSR count). The number of carbonyl (C=O) groups excluding carboxylic acids is 1. The van der Waals surface area contributed by atoms with E-state index in [2.05, 4.69) is 33.9 Å². The van der Waals surface area contributed by atoms with Crippen molar-refractivity contribution in [3.8, 4) is 17.1 Å². The molecule has 0 spiro atoms. The number of nitrogens with zero attached hydrogens (tertiary/aromatic N) is 3. The fraction of sp³-hybridized carbons (Fsp3) is 0.591. The fourth-order valence-corrected chi connectivity index (χ4v) is 4.70. The first-order valence-electron chi connectivity index (χ1n) is 10.6. The molecule has 1 aromatic carbocycles. The van der Waals surface area contributed by atoms with Crippen molar-refractivity contribution in [2.45, 2.75) is 63.6 Å². The minimum atomic E-state index is 0.0562. The van der Waals surface area contributed by atoms with E-state index in [0.717, 1.165) is 48.1 Å². The monoisotopic (exact) mass is 416 g/mol. The molecule has 1 heterocycles. The normalized spacial score (nSPS) is 19.1. The van der Waals surface area contributed by atoms with E-state index in [1.54, 1.807) is 7.11 Å². The van der Waals surface area contributed by atoms with Gasteiger partial charge in [-0.05, 0) is 49.4 Å². The van der Waals surface area contributed by atoms with Crippen LogP contribution in [-0.2, 0) is 4.79 Å². The Labute approximate surface area is 177 Å². The molecule has 1 fully saturated rings. The van der Waals surface area contributed by atoms with Crippen molar-refractivity contribution in [2.75, 3.05) is 19.4 Å². The van der Waals surface area contributed by atoms with Crippen molar-refractivity contribution in [1.82, 2.24) is 20.1 Å². The smallest absolute Gasteiger partial charge is 0.230 e. The summed E-state index contributed by atoms with van der Waals surface area (Å²) in [6.07, 6.45) is 6.92. The van der Waals surface area contributed by atoms with E-state index >= 15 is 0 Å². The van der Waals surface area contributed by atoms with Crippen LogP contribution >= 0.6 is 11.8 Å². The van der Waals surface area contributed by atoms with Crippen LogP contribution in [-0.4, -0.2) is 40.1 Å². The Balaban J connectivity index is 1.83. The zero-order chi connectivity index (χ0) is 20.6. The summed E-state index contributed by atoms with van der Waals surface area (Å²) in [5.74, 6) is 2.69. The number of rotatable bonds is 9. The topological polar surface area (TPSA) is 69.0 Å². The van der Waals surface area contributed by atoms with E-state index < -0.39 is 0 Å². The number of benzene rings is 1. The summed E-state index contributed by atoms with van der Waals surface area (Å²) in [4.78, 5) is 12.2. The van der Waals surface area contributed by atoms with E-state index in [0.29, 0.717) is 17.7 Å². The summed E-state index contributed by atoms with van der Waals surface area (Å²) in [5, 5.41) is 12.8. The van der Waals surface area contributed by atoms with Gasteiger partial charge in [-0.25, -0.2) is 0 Å². The lowest BCUT2D eigenvalue weighted by Crippen LogP contribution is -2.26. The van der Waals surface area contributed by atoms with Crippen molar-refractivity contribution < 1.29 is 9.53 Å². The van der Waals surface area contributed by atoms with Gasteiger partial charge in [0.2, 0.25) is 5.91 Å². The Morgan fingerprint density at radius 2 is 2.00 bits per heavy atom. The summed E-state index contributed by atoms with van der Waals surface area (Å²) in [7, 11) is 1.67. The first-order valence-corrected chi connectivity index (χ1v) is 11.6. The first kappa shape index (κ1) is 21.7. The number of methoxy groups -OCH3 is 1. The SMILES string of the molecule is CCCCNC(=O)CSc1nnc(-c2ccc(OC)cc2)n1[C@@H]1CCCC[C@@H]1C. The summed E-state index contributed by atoms with van der Waals surface area (Å²) in [6, 6.07) is 8.32. The Hall–Kier alpha value is -2.02. The fourth-order valence-electron chi connectivity index (χ4n) is 3.88. The molecule has 158 valence electrons. The molecule has 1 amide bonds. The van der Waals surface area contributed by atoms with E-state index in [-0.39, 0.29) is 5.91 Å². The third-order valence-electron chi connectivity index (χ3n) is 5.60. The van der Waals surface area contributed by atoms with Gasteiger partial charge in [-0.15, -0.1) is 10.2 Å². The average molecular weight is 417 g/mol. The molecule has 1 aliphatic rings. The summed E-state index contributed by atoms with van der Waals surface area (Å²) < 4.78 is 7.56. The molecule has 6 nitrogen and oxygen atoms in total. The largest absolute Gasteiger partial charge is 0.497 e. The number of ether oxygens (including phenoxy) is 1. The predicted octanol–water partition coefficient (Wildman–Crippen LogP) is 4.71. The van der Waals surface area contributed by atoms with Gasteiger partial charge < -0.3 is 10.1 Å². The molecule has 29 heavy (non-hydrogen) atoms. The number of hydrogen-bond donors (Lipinski definition) is 1. The highest BCUT2D eigenvalue weighted by atomic mass is 32.2. The van der Waals surface area contributed by atoms with Gasteiger partial charge in [0, 0.05) is 18.2 Å². The van der Waals surface area contributed by atoms with Crippen molar-refractivity contribution in [3.63, 3.8) is 0 Å². The molecule has 2 atom stereocenters. The van der Waals surface area contributed by atoms with Crippen LogP contribution in [0.5, 0.6) is 5.75 Å². The van der Waals surface area contributed by atoms with Gasteiger partial charge in [-0.1, -0.05) is 44.9 Å². The Bertz CT molecular complexity index is 791. The van der Waals surface area contributed by atoms with E-state index in [1.807, 2.05) is 24.3 Å². The quantitative estimate of drug-likeness (QED) is 0.473. The van der Waals surface area contributed by atoms with Gasteiger partial charge in [0.05, 0.1) is 12.9 Å². The van der Waals surface area contributed by atoms with Crippen LogP contribution in [0.25, 0.3) is 11.4 Å². The second-order valence-electron chi connectivity index (χ2n) is 7.73. The van der Waals surface area contributed by atoms with E-state index in [4.69, 9.17) is 4.74 Å². The molecule has 0 unspecified atom stereocenters. The Morgan fingerprint density at radius 1 is 1.24 bits per heavy atom. The number of unbranched alkanes of at least 4 members (excludes halogenated alkanes) is 1. The predicted molar refractivity (Wildman–Crippen MR) is 117 cm³/mol. The summed E-state index contributed by atoms with van der Waals surface area (Å²) >= 11 is 1.48. The molecule has 0 bridgehead atoms. The summed E-state index contributed by atoms with van der Waals surface area (Å²) in [6.45, 7) is 5.17. The van der Waals surface area contributed by atoms with Crippen LogP contribution < -0.4 is 10.1 Å².